The van der Waals surface area contributed by atoms with Gasteiger partial charge in [0.1, 0.15) is 11.3 Å². The minimum atomic E-state index is -0.00328. The van der Waals surface area contributed by atoms with Gasteiger partial charge >= 0.3 is 0 Å². The summed E-state index contributed by atoms with van der Waals surface area (Å²) in [6, 6.07) is 1.79. The third kappa shape index (κ3) is 3.21. The molecule has 3 atom stereocenters. The second-order valence-corrected chi connectivity index (χ2v) is 6.58. The highest BCUT2D eigenvalue weighted by molar-refractivity contribution is 5.94. The molecule has 0 aromatic carbocycles. The summed E-state index contributed by atoms with van der Waals surface area (Å²) in [4.78, 5) is 22.8. The molecule has 1 amide bonds. The number of aryl methyl sites for hydroxylation is 1. The lowest BCUT2D eigenvalue weighted by Crippen LogP contribution is -2.45. The predicted octanol–water partition coefficient (Wildman–Crippen LogP) is 1.36. The van der Waals surface area contributed by atoms with E-state index in [9.17, 15) is 4.79 Å². The van der Waals surface area contributed by atoms with Gasteiger partial charge in [0.25, 0.3) is 5.91 Å². The van der Waals surface area contributed by atoms with E-state index in [1.165, 1.54) is 6.20 Å². The zero-order valence-corrected chi connectivity index (χ0v) is 14.1. The molecule has 132 valence electrons. The van der Waals surface area contributed by atoms with Gasteiger partial charge in [-0.15, -0.1) is 0 Å². The molecule has 4 rings (SSSR count). The Labute approximate surface area is 145 Å². The number of hydrogen-bond donors (Lipinski definition) is 1. The summed E-state index contributed by atoms with van der Waals surface area (Å²) in [7, 11) is 0. The SMILES string of the molecule is Cc1oncc1C(=O)N1CC[C@H]2[C@H](CO[C@H]2CNc2ncccn2)C1. The van der Waals surface area contributed by atoms with Gasteiger partial charge in [0, 0.05) is 37.9 Å². The summed E-state index contributed by atoms with van der Waals surface area (Å²) in [6.07, 6.45) is 5.99. The van der Waals surface area contributed by atoms with Gasteiger partial charge in [-0.2, -0.15) is 0 Å². The van der Waals surface area contributed by atoms with Crippen LogP contribution in [0.5, 0.6) is 0 Å². The average molecular weight is 343 g/mol. The minimum absolute atomic E-state index is 0.00328. The van der Waals surface area contributed by atoms with Gasteiger partial charge in [-0.05, 0) is 25.3 Å². The van der Waals surface area contributed by atoms with E-state index in [1.54, 1.807) is 25.4 Å². The first kappa shape index (κ1) is 16.0. The average Bonchev–Trinajstić information content (AvgIpc) is 3.25. The van der Waals surface area contributed by atoms with Crippen LogP contribution in [0.15, 0.2) is 29.2 Å². The molecule has 25 heavy (non-hydrogen) atoms. The zero-order valence-electron chi connectivity index (χ0n) is 14.1. The van der Waals surface area contributed by atoms with E-state index >= 15 is 0 Å². The molecule has 0 saturated carbocycles. The Morgan fingerprint density at radius 1 is 1.40 bits per heavy atom. The molecule has 8 heteroatoms. The maximum Gasteiger partial charge on any atom is 0.259 e. The topological polar surface area (TPSA) is 93.4 Å². The van der Waals surface area contributed by atoms with Crippen LogP contribution in [0.4, 0.5) is 5.95 Å². The Balaban J connectivity index is 1.35. The number of rotatable bonds is 4. The number of carbonyl (C=O) groups excluding carboxylic acids is 1. The van der Waals surface area contributed by atoms with Crippen molar-refractivity contribution < 1.29 is 14.1 Å². The van der Waals surface area contributed by atoms with Crippen molar-refractivity contribution in [3.63, 3.8) is 0 Å². The van der Waals surface area contributed by atoms with E-state index in [-0.39, 0.29) is 12.0 Å². The van der Waals surface area contributed by atoms with E-state index in [0.29, 0.717) is 48.8 Å². The van der Waals surface area contributed by atoms with E-state index in [2.05, 4.69) is 20.4 Å². The number of amides is 1. The van der Waals surface area contributed by atoms with E-state index in [4.69, 9.17) is 9.26 Å². The second-order valence-electron chi connectivity index (χ2n) is 6.58. The highest BCUT2D eigenvalue weighted by Crippen LogP contribution is 2.35. The highest BCUT2D eigenvalue weighted by Gasteiger charge is 2.42. The Hall–Kier alpha value is -2.48. The van der Waals surface area contributed by atoms with Crippen LogP contribution >= 0.6 is 0 Å². The Morgan fingerprint density at radius 2 is 2.24 bits per heavy atom. The van der Waals surface area contributed by atoms with E-state index < -0.39 is 0 Å². The molecule has 2 fully saturated rings. The van der Waals surface area contributed by atoms with Crippen LogP contribution in [0.1, 0.15) is 22.5 Å². The van der Waals surface area contributed by atoms with Crippen LogP contribution in [0.2, 0.25) is 0 Å². The predicted molar refractivity (Wildman–Crippen MR) is 89.0 cm³/mol. The van der Waals surface area contributed by atoms with Crippen molar-refractivity contribution in [3.8, 4) is 0 Å². The monoisotopic (exact) mass is 343 g/mol. The van der Waals surface area contributed by atoms with Gasteiger partial charge in [0.15, 0.2) is 0 Å². The Bertz CT molecular complexity index is 735. The van der Waals surface area contributed by atoms with Crippen molar-refractivity contribution in [2.24, 2.45) is 11.8 Å². The van der Waals surface area contributed by atoms with Crippen molar-refractivity contribution in [2.75, 3.05) is 31.6 Å². The van der Waals surface area contributed by atoms with Crippen LogP contribution in [0.25, 0.3) is 0 Å². The van der Waals surface area contributed by atoms with Crippen molar-refractivity contribution in [1.29, 1.82) is 0 Å². The number of piperidine rings is 1. The normalized spacial score (nSPS) is 25.6. The quantitative estimate of drug-likeness (QED) is 0.896. The third-order valence-electron chi connectivity index (χ3n) is 5.09. The molecule has 2 aromatic rings. The summed E-state index contributed by atoms with van der Waals surface area (Å²) >= 11 is 0. The minimum Gasteiger partial charge on any atom is -0.376 e. The maximum atomic E-state index is 12.6. The van der Waals surface area contributed by atoms with Gasteiger partial charge in [-0.1, -0.05) is 5.16 Å². The lowest BCUT2D eigenvalue weighted by molar-refractivity contribution is 0.0619. The number of ether oxygens (including phenoxy) is 1. The molecule has 2 saturated heterocycles. The fourth-order valence-corrected chi connectivity index (χ4v) is 3.74. The number of nitrogens with zero attached hydrogens (tertiary/aromatic N) is 4. The Morgan fingerprint density at radius 3 is 3.00 bits per heavy atom. The molecule has 2 aliphatic heterocycles. The summed E-state index contributed by atoms with van der Waals surface area (Å²) in [5, 5.41) is 6.94. The van der Waals surface area contributed by atoms with E-state index in [0.717, 1.165) is 13.0 Å². The fraction of sp³-hybridized carbons (Fsp3) is 0.529. The number of nitrogens with one attached hydrogen (secondary N) is 1. The molecular formula is C17H21N5O3. The number of likely N-dealkylation sites (tertiary alicyclic amines) is 1. The summed E-state index contributed by atoms with van der Waals surface area (Å²) in [6.45, 7) is 4.57. The molecule has 0 bridgehead atoms. The van der Waals surface area contributed by atoms with Crippen LogP contribution in [0, 0.1) is 18.8 Å². The molecule has 0 spiro atoms. The molecule has 1 N–H and O–H groups in total. The molecular weight excluding hydrogens is 322 g/mol. The van der Waals surface area contributed by atoms with Gasteiger partial charge in [0.2, 0.25) is 5.95 Å². The number of hydrogen-bond acceptors (Lipinski definition) is 7. The maximum absolute atomic E-state index is 12.6. The standard InChI is InChI=1S/C17H21N5O3/c1-11-14(7-21-25-11)16(23)22-6-3-13-12(9-22)10-24-15(13)8-20-17-18-4-2-5-19-17/h2,4-5,7,12-13,15H,3,6,8-10H2,1H3,(H,18,19,20)/t12-,13-,15-/m0/s1. The highest BCUT2D eigenvalue weighted by atomic mass is 16.5. The van der Waals surface area contributed by atoms with Crippen molar-refractivity contribution >= 4 is 11.9 Å². The van der Waals surface area contributed by atoms with Gasteiger partial charge in [0.05, 0.1) is 18.9 Å². The van der Waals surface area contributed by atoms with Gasteiger partial charge in [-0.3, -0.25) is 4.79 Å². The molecule has 0 radical (unpaired) electrons. The van der Waals surface area contributed by atoms with Gasteiger partial charge in [-0.25, -0.2) is 9.97 Å². The summed E-state index contributed by atoms with van der Waals surface area (Å²) < 4.78 is 11.0. The first-order chi connectivity index (χ1) is 12.2. The number of aromatic nitrogens is 3. The van der Waals surface area contributed by atoms with Gasteiger partial charge < -0.3 is 19.5 Å². The largest absolute Gasteiger partial charge is 0.376 e. The number of anilines is 1. The molecule has 0 unspecified atom stereocenters. The molecule has 8 nitrogen and oxygen atoms in total. The van der Waals surface area contributed by atoms with Crippen molar-refractivity contribution in [1.82, 2.24) is 20.0 Å². The Kier molecular flexibility index (Phi) is 4.35. The smallest absolute Gasteiger partial charge is 0.259 e. The van der Waals surface area contributed by atoms with Crippen molar-refractivity contribution in [3.05, 3.63) is 36.0 Å². The van der Waals surface area contributed by atoms with Crippen LogP contribution in [-0.4, -0.2) is 58.3 Å². The van der Waals surface area contributed by atoms with Crippen molar-refractivity contribution in [2.45, 2.75) is 19.4 Å². The third-order valence-corrected chi connectivity index (χ3v) is 5.09. The number of carbonyl (C=O) groups is 1. The second kappa shape index (κ2) is 6.79. The van der Waals surface area contributed by atoms with Crippen LogP contribution in [-0.2, 0) is 4.74 Å². The van der Waals surface area contributed by atoms with Crippen LogP contribution in [0.3, 0.4) is 0 Å². The first-order valence-electron chi connectivity index (χ1n) is 8.55. The lowest BCUT2D eigenvalue weighted by Gasteiger charge is -2.35. The van der Waals surface area contributed by atoms with Crippen LogP contribution < -0.4 is 5.32 Å². The molecule has 2 aromatic heterocycles. The molecule has 0 aliphatic carbocycles. The number of fused-ring (bicyclic) bond motifs is 1. The van der Waals surface area contributed by atoms with E-state index in [1.807, 2.05) is 4.90 Å². The summed E-state index contributed by atoms with van der Waals surface area (Å²) in [5.74, 6) is 1.99. The lowest BCUT2D eigenvalue weighted by atomic mass is 9.84. The molecule has 2 aliphatic rings. The molecule has 4 heterocycles. The first-order valence-corrected chi connectivity index (χ1v) is 8.55. The summed E-state index contributed by atoms with van der Waals surface area (Å²) in [5.41, 5.74) is 0.553. The fourth-order valence-electron chi connectivity index (χ4n) is 3.74. The zero-order chi connectivity index (χ0) is 17.2.